The van der Waals surface area contributed by atoms with E-state index in [-0.39, 0.29) is 17.1 Å². The molecule has 1 heterocycles. The molecule has 6 heteroatoms. The number of phenols is 1. The molecule has 0 atom stereocenters. The van der Waals surface area contributed by atoms with Crippen LogP contribution in [-0.2, 0) is 19.1 Å². The fraction of sp³-hybridized carbons (Fsp3) is 0.444. The Kier molecular flexibility index (Phi) is 4.60. The normalized spacial score (nSPS) is 21.1. The fourth-order valence-electron chi connectivity index (χ4n) is 2.05. The number of carbonyl (C=O) groups excluding carboxylic acids is 2. The van der Waals surface area contributed by atoms with Crippen molar-refractivity contribution in [2.75, 3.05) is 6.61 Å². The van der Waals surface area contributed by atoms with E-state index >= 15 is 0 Å². The van der Waals surface area contributed by atoms with Crippen LogP contribution in [0.15, 0.2) is 23.8 Å². The van der Waals surface area contributed by atoms with Crippen molar-refractivity contribution in [1.82, 2.24) is 0 Å². The summed E-state index contributed by atoms with van der Waals surface area (Å²) in [4.78, 5) is 24.6. The first-order valence-electron chi connectivity index (χ1n) is 7.71. The van der Waals surface area contributed by atoms with Gasteiger partial charge in [0.05, 0.1) is 6.61 Å². The highest BCUT2D eigenvalue weighted by atomic mass is 16.7. The summed E-state index contributed by atoms with van der Waals surface area (Å²) in [7, 11) is 0. The molecule has 6 nitrogen and oxygen atoms in total. The highest BCUT2D eigenvalue weighted by Crippen LogP contribution is 2.39. The second-order valence-electron chi connectivity index (χ2n) is 6.69. The monoisotopic (exact) mass is 334 g/mol. The maximum atomic E-state index is 12.3. The van der Waals surface area contributed by atoms with Crippen molar-refractivity contribution in [3.8, 4) is 11.5 Å². The van der Waals surface area contributed by atoms with Crippen LogP contribution >= 0.6 is 0 Å². The van der Waals surface area contributed by atoms with Gasteiger partial charge in [0.1, 0.15) is 5.57 Å². The van der Waals surface area contributed by atoms with Crippen molar-refractivity contribution in [1.29, 1.82) is 0 Å². The van der Waals surface area contributed by atoms with Gasteiger partial charge in [-0.2, -0.15) is 0 Å². The van der Waals surface area contributed by atoms with Crippen molar-refractivity contribution in [2.45, 2.75) is 40.4 Å². The maximum Gasteiger partial charge on any atom is 0.348 e. The molecule has 0 radical (unpaired) electrons. The van der Waals surface area contributed by atoms with E-state index in [1.165, 1.54) is 18.2 Å². The van der Waals surface area contributed by atoms with Gasteiger partial charge in [-0.3, -0.25) is 0 Å². The van der Waals surface area contributed by atoms with Crippen molar-refractivity contribution in [3.63, 3.8) is 0 Å². The molecular weight excluding hydrogens is 312 g/mol. The van der Waals surface area contributed by atoms with E-state index < -0.39 is 23.1 Å². The summed E-state index contributed by atoms with van der Waals surface area (Å²) in [5, 5.41) is 9.71. The van der Waals surface area contributed by atoms with Crippen LogP contribution in [0.1, 0.15) is 40.2 Å². The predicted molar refractivity (Wildman–Crippen MR) is 87.3 cm³/mol. The van der Waals surface area contributed by atoms with E-state index in [2.05, 4.69) is 0 Å². The summed E-state index contributed by atoms with van der Waals surface area (Å²) < 4.78 is 16.0. The van der Waals surface area contributed by atoms with Gasteiger partial charge in [-0.15, -0.1) is 0 Å². The minimum absolute atomic E-state index is 0.0203. The fourth-order valence-corrected chi connectivity index (χ4v) is 2.05. The molecule has 0 aromatic heterocycles. The Morgan fingerprint density at radius 1 is 1.21 bits per heavy atom. The van der Waals surface area contributed by atoms with E-state index in [1.807, 2.05) is 20.8 Å². The number of phenolic OH excluding ortho intramolecular Hbond substituents is 1. The van der Waals surface area contributed by atoms with Crippen LogP contribution in [0.25, 0.3) is 6.08 Å². The molecule has 0 saturated carbocycles. The Morgan fingerprint density at radius 3 is 2.29 bits per heavy atom. The van der Waals surface area contributed by atoms with Gasteiger partial charge in [0.25, 0.3) is 5.79 Å². The molecule has 24 heavy (non-hydrogen) atoms. The number of rotatable bonds is 3. The lowest BCUT2D eigenvalue weighted by atomic mass is 9.85. The molecule has 1 aliphatic rings. The zero-order valence-corrected chi connectivity index (χ0v) is 14.5. The van der Waals surface area contributed by atoms with Crippen LogP contribution < -0.4 is 4.74 Å². The predicted octanol–water partition coefficient (Wildman–Crippen LogP) is 3.04. The molecule has 1 saturated heterocycles. The third kappa shape index (κ3) is 3.37. The summed E-state index contributed by atoms with van der Waals surface area (Å²) in [6, 6.07) is 4.52. The van der Waals surface area contributed by atoms with Crippen LogP contribution in [0, 0.1) is 5.41 Å². The number of carbonyl (C=O) groups is 2. The molecule has 0 amide bonds. The number of hydrogen-bond acceptors (Lipinski definition) is 6. The average molecular weight is 334 g/mol. The molecule has 1 aromatic carbocycles. The van der Waals surface area contributed by atoms with Gasteiger partial charge < -0.3 is 19.3 Å². The summed E-state index contributed by atoms with van der Waals surface area (Å²) in [6.07, 6.45) is 1.36. The smallest absolute Gasteiger partial charge is 0.348 e. The highest BCUT2D eigenvalue weighted by molar-refractivity contribution is 6.18. The summed E-state index contributed by atoms with van der Waals surface area (Å²) in [6.45, 7) is 9.17. The Hall–Kier alpha value is -2.50. The highest BCUT2D eigenvalue weighted by Gasteiger charge is 2.50. The molecule has 0 bridgehead atoms. The zero-order valence-electron chi connectivity index (χ0n) is 14.5. The lowest BCUT2D eigenvalue weighted by molar-refractivity contribution is -0.261. The quantitative estimate of drug-likeness (QED) is 0.520. The van der Waals surface area contributed by atoms with Gasteiger partial charge in [-0.25, -0.2) is 9.59 Å². The van der Waals surface area contributed by atoms with Gasteiger partial charge in [0, 0.05) is 12.3 Å². The van der Waals surface area contributed by atoms with E-state index in [9.17, 15) is 14.7 Å². The van der Waals surface area contributed by atoms with Gasteiger partial charge in [0.2, 0.25) is 0 Å². The average Bonchev–Trinajstić information content (AvgIpc) is 2.45. The van der Waals surface area contributed by atoms with Gasteiger partial charge in [-0.1, -0.05) is 26.8 Å². The molecule has 1 aliphatic heterocycles. The van der Waals surface area contributed by atoms with Crippen LogP contribution in [-0.4, -0.2) is 29.4 Å². The maximum absolute atomic E-state index is 12.3. The van der Waals surface area contributed by atoms with E-state index in [0.717, 1.165) is 0 Å². The molecule has 0 aliphatic carbocycles. The first-order valence-corrected chi connectivity index (χ1v) is 7.71. The van der Waals surface area contributed by atoms with Crippen LogP contribution in [0.2, 0.25) is 0 Å². The van der Waals surface area contributed by atoms with Crippen molar-refractivity contribution in [2.24, 2.45) is 5.41 Å². The van der Waals surface area contributed by atoms with Crippen molar-refractivity contribution >= 4 is 18.0 Å². The molecule has 1 fully saturated rings. The van der Waals surface area contributed by atoms with Gasteiger partial charge >= 0.3 is 11.9 Å². The Morgan fingerprint density at radius 2 is 1.79 bits per heavy atom. The standard InChI is InChI=1S/C18H22O6/c1-6-22-14-10-11(7-8-13(14)19)9-12-15(20)23-18(5,17(2,3)4)24-16(12)21/h7-10,19H,6H2,1-5H3. The van der Waals surface area contributed by atoms with Gasteiger partial charge in [-0.05, 0) is 30.7 Å². The van der Waals surface area contributed by atoms with E-state index in [1.54, 1.807) is 19.9 Å². The van der Waals surface area contributed by atoms with Crippen molar-refractivity contribution in [3.05, 3.63) is 29.3 Å². The molecule has 2 rings (SSSR count). The number of esters is 2. The third-order valence-electron chi connectivity index (χ3n) is 3.97. The zero-order chi connectivity index (χ0) is 18.1. The Labute approximate surface area is 141 Å². The lowest BCUT2D eigenvalue weighted by Crippen LogP contribution is -2.52. The minimum Gasteiger partial charge on any atom is -0.504 e. The number of cyclic esters (lactones) is 2. The molecule has 1 aromatic rings. The minimum atomic E-state index is -1.33. The van der Waals surface area contributed by atoms with Crippen molar-refractivity contribution < 1.29 is 28.9 Å². The van der Waals surface area contributed by atoms with Crippen LogP contribution in [0.5, 0.6) is 11.5 Å². The number of benzene rings is 1. The third-order valence-corrected chi connectivity index (χ3v) is 3.97. The first kappa shape index (κ1) is 17.8. The number of ether oxygens (including phenoxy) is 3. The Bertz CT molecular complexity index is 676. The van der Waals surface area contributed by atoms with E-state index in [0.29, 0.717) is 12.2 Å². The number of aromatic hydroxyl groups is 1. The first-order chi connectivity index (χ1) is 11.1. The topological polar surface area (TPSA) is 82.1 Å². The van der Waals surface area contributed by atoms with Crippen LogP contribution in [0.3, 0.4) is 0 Å². The molecular formula is C18H22O6. The van der Waals surface area contributed by atoms with Gasteiger partial charge in [0.15, 0.2) is 11.5 Å². The summed E-state index contributed by atoms with van der Waals surface area (Å²) in [5.41, 5.74) is -0.255. The lowest BCUT2D eigenvalue weighted by Gasteiger charge is -2.42. The molecule has 1 N–H and O–H groups in total. The second kappa shape index (κ2) is 6.19. The largest absolute Gasteiger partial charge is 0.504 e. The SMILES string of the molecule is CCOc1cc(C=C2C(=O)OC(C)(C(C)(C)C)OC2=O)ccc1O. The molecule has 0 spiro atoms. The summed E-state index contributed by atoms with van der Waals surface area (Å²) in [5.74, 6) is -2.56. The number of hydrogen-bond donors (Lipinski definition) is 1. The second-order valence-corrected chi connectivity index (χ2v) is 6.69. The molecule has 130 valence electrons. The molecule has 0 unspecified atom stereocenters. The van der Waals surface area contributed by atoms with Crippen LogP contribution in [0.4, 0.5) is 0 Å². The Balaban J connectivity index is 2.34. The summed E-state index contributed by atoms with van der Waals surface area (Å²) >= 11 is 0. The van der Waals surface area contributed by atoms with E-state index in [4.69, 9.17) is 14.2 Å².